The molecule has 1 aliphatic heterocycles. The van der Waals surface area contributed by atoms with Gasteiger partial charge < -0.3 is 15.0 Å². The molecule has 1 aromatic rings. The van der Waals surface area contributed by atoms with Gasteiger partial charge in [-0.05, 0) is 24.6 Å². The summed E-state index contributed by atoms with van der Waals surface area (Å²) in [6.45, 7) is 2.12. The molecule has 0 aliphatic carbocycles. The summed E-state index contributed by atoms with van der Waals surface area (Å²) in [6, 6.07) is 5.37. The fraction of sp³-hybridized carbons (Fsp3) is 0.357. The number of nitrogens with one attached hydrogen (secondary N) is 1. The second kappa shape index (κ2) is 5.46. The number of methoxy groups -OCH3 is 1. The first kappa shape index (κ1) is 12.3. The number of nitrogens with zero attached hydrogens (tertiary/aromatic N) is 1. The number of hydrogen-bond donors (Lipinski definition) is 1. The highest BCUT2D eigenvalue weighted by Gasteiger charge is 2.22. The monoisotopic (exact) mass is 244 g/mol. The Morgan fingerprint density at radius 3 is 2.89 bits per heavy atom. The Kier molecular flexibility index (Phi) is 3.73. The fourth-order valence-electron chi connectivity index (χ4n) is 1.82. The normalized spacial score (nSPS) is 13.4. The number of hydrogen-bond acceptors (Lipinski definition) is 3. The minimum Gasteiger partial charge on any atom is -0.495 e. The Hall–Kier alpha value is -2.15. The van der Waals surface area contributed by atoms with Gasteiger partial charge in [0.25, 0.3) is 5.91 Å². The lowest BCUT2D eigenvalue weighted by Gasteiger charge is -2.31. The van der Waals surface area contributed by atoms with Gasteiger partial charge in [0.1, 0.15) is 5.75 Å². The van der Waals surface area contributed by atoms with Crippen LogP contribution < -0.4 is 10.1 Å². The highest BCUT2D eigenvalue weighted by molar-refractivity contribution is 5.95. The van der Waals surface area contributed by atoms with Crippen molar-refractivity contribution in [2.24, 2.45) is 0 Å². The van der Waals surface area contributed by atoms with Gasteiger partial charge in [-0.2, -0.15) is 0 Å². The Balaban J connectivity index is 2.18. The molecule has 1 heterocycles. The first-order valence-electron chi connectivity index (χ1n) is 5.91. The predicted molar refractivity (Wildman–Crippen MR) is 70.8 cm³/mol. The molecular formula is C14H16N2O2. The summed E-state index contributed by atoms with van der Waals surface area (Å²) in [7, 11) is 1.58. The summed E-state index contributed by atoms with van der Waals surface area (Å²) in [4.78, 5) is 13.9. The molecule has 4 nitrogen and oxygen atoms in total. The lowest BCUT2D eigenvalue weighted by Crippen LogP contribution is -2.42. The van der Waals surface area contributed by atoms with Gasteiger partial charge in [0.2, 0.25) is 0 Å². The van der Waals surface area contributed by atoms with Crippen LogP contribution in [0.3, 0.4) is 0 Å². The Labute approximate surface area is 107 Å². The molecule has 1 saturated heterocycles. The largest absolute Gasteiger partial charge is 0.495 e. The van der Waals surface area contributed by atoms with Crippen molar-refractivity contribution >= 4 is 11.6 Å². The molecule has 0 unspecified atom stereocenters. The first-order chi connectivity index (χ1) is 8.76. The minimum atomic E-state index is 0.0584. The van der Waals surface area contributed by atoms with E-state index in [1.165, 1.54) is 0 Å². The van der Waals surface area contributed by atoms with E-state index in [9.17, 15) is 4.79 Å². The van der Waals surface area contributed by atoms with Crippen LogP contribution in [0.2, 0.25) is 0 Å². The molecule has 1 aliphatic rings. The smallest absolute Gasteiger partial charge is 0.253 e. The number of likely N-dealkylation sites (tertiary alicyclic amines) is 1. The standard InChI is InChI=1S/C14H16N2O2/c1-3-7-15-12-6-5-11(10-13(12)18-2)14(17)16-8-4-9-16/h1,5-6,10,15H,4,7-9H2,2H3. The molecule has 4 heteroatoms. The Morgan fingerprint density at radius 1 is 1.56 bits per heavy atom. The quantitative estimate of drug-likeness (QED) is 0.818. The summed E-state index contributed by atoms with van der Waals surface area (Å²) in [5, 5.41) is 3.05. The van der Waals surface area contributed by atoms with Gasteiger partial charge in [0.15, 0.2) is 0 Å². The summed E-state index contributed by atoms with van der Waals surface area (Å²) in [5.41, 5.74) is 1.45. The van der Waals surface area contributed by atoms with Crippen molar-refractivity contribution in [2.45, 2.75) is 6.42 Å². The predicted octanol–water partition coefficient (Wildman–Crippen LogP) is 1.59. The Bertz CT molecular complexity index is 487. The number of terminal acetylenes is 1. The van der Waals surface area contributed by atoms with Crippen molar-refractivity contribution in [3.63, 3.8) is 0 Å². The molecule has 0 spiro atoms. The van der Waals surface area contributed by atoms with Crippen LogP contribution >= 0.6 is 0 Å². The van der Waals surface area contributed by atoms with E-state index in [1.807, 2.05) is 11.0 Å². The molecule has 0 bridgehead atoms. The number of carbonyl (C=O) groups excluding carboxylic acids is 1. The van der Waals surface area contributed by atoms with Gasteiger partial charge in [0, 0.05) is 18.7 Å². The molecule has 94 valence electrons. The van der Waals surface area contributed by atoms with Gasteiger partial charge >= 0.3 is 0 Å². The molecule has 0 saturated carbocycles. The van der Waals surface area contributed by atoms with Crippen LogP contribution in [0.5, 0.6) is 5.75 Å². The number of rotatable bonds is 4. The van der Waals surface area contributed by atoms with Gasteiger partial charge in [-0.15, -0.1) is 6.42 Å². The SMILES string of the molecule is C#CCNc1ccc(C(=O)N2CCC2)cc1OC. The molecule has 1 N–H and O–H groups in total. The van der Waals surface area contributed by atoms with E-state index in [-0.39, 0.29) is 5.91 Å². The summed E-state index contributed by atoms with van der Waals surface area (Å²) < 4.78 is 5.26. The van der Waals surface area contributed by atoms with Crippen molar-refractivity contribution in [1.82, 2.24) is 4.90 Å². The highest BCUT2D eigenvalue weighted by atomic mass is 16.5. The summed E-state index contributed by atoms with van der Waals surface area (Å²) >= 11 is 0. The molecular weight excluding hydrogens is 228 g/mol. The second-order valence-electron chi connectivity index (χ2n) is 4.12. The summed E-state index contributed by atoms with van der Waals surface area (Å²) in [6.07, 6.45) is 6.29. The van der Waals surface area contributed by atoms with E-state index in [4.69, 9.17) is 11.2 Å². The second-order valence-corrected chi connectivity index (χ2v) is 4.12. The molecule has 2 rings (SSSR count). The maximum absolute atomic E-state index is 12.0. The van der Waals surface area contributed by atoms with E-state index in [1.54, 1.807) is 19.2 Å². The van der Waals surface area contributed by atoms with Crippen LogP contribution in [-0.2, 0) is 0 Å². The third kappa shape index (κ3) is 2.40. The zero-order valence-electron chi connectivity index (χ0n) is 10.4. The number of benzene rings is 1. The van der Waals surface area contributed by atoms with Crippen LogP contribution in [0.25, 0.3) is 0 Å². The number of carbonyl (C=O) groups is 1. The van der Waals surface area contributed by atoms with Crippen LogP contribution in [-0.4, -0.2) is 37.6 Å². The van der Waals surface area contributed by atoms with Crippen molar-refractivity contribution in [2.75, 3.05) is 32.1 Å². The van der Waals surface area contributed by atoms with Crippen LogP contribution in [0.4, 0.5) is 5.69 Å². The van der Waals surface area contributed by atoms with Crippen molar-refractivity contribution in [1.29, 1.82) is 0 Å². The zero-order chi connectivity index (χ0) is 13.0. The average molecular weight is 244 g/mol. The molecule has 1 amide bonds. The molecule has 18 heavy (non-hydrogen) atoms. The Morgan fingerprint density at radius 2 is 2.33 bits per heavy atom. The first-order valence-corrected chi connectivity index (χ1v) is 5.91. The van der Waals surface area contributed by atoms with Gasteiger partial charge in [-0.1, -0.05) is 5.92 Å². The molecule has 0 aromatic heterocycles. The number of amides is 1. The zero-order valence-corrected chi connectivity index (χ0v) is 10.4. The maximum atomic E-state index is 12.0. The maximum Gasteiger partial charge on any atom is 0.253 e. The van der Waals surface area contributed by atoms with Crippen molar-refractivity contribution in [3.8, 4) is 18.1 Å². The highest BCUT2D eigenvalue weighted by Crippen LogP contribution is 2.26. The average Bonchev–Trinajstić information content (AvgIpc) is 2.34. The van der Waals surface area contributed by atoms with Crippen LogP contribution in [0.15, 0.2) is 18.2 Å². The van der Waals surface area contributed by atoms with E-state index in [2.05, 4.69) is 11.2 Å². The number of anilines is 1. The van der Waals surface area contributed by atoms with Gasteiger partial charge in [0.05, 0.1) is 19.3 Å². The molecule has 1 fully saturated rings. The van der Waals surface area contributed by atoms with Crippen molar-refractivity contribution < 1.29 is 9.53 Å². The fourth-order valence-corrected chi connectivity index (χ4v) is 1.82. The minimum absolute atomic E-state index is 0.0584. The third-order valence-electron chi connectivity index (χ3n) is 2.97. The lowest BCUT2D eigenvalue weighted by molar-refractivity contribution is 0.0651. The molecule has 0 atom stereocenters. The van der Waals surface area contributed by atoms with E-state index in [0.717, 1.165) is 25.2 Å². The van der Waals surface area contributed by atoms with E-state index >= 15 is 0 Å². The molecule has 1 aromatic carbocycles. The van der Waals surface area contributed by atoms with Crippen LogP contribution in [0.1, 0.15) is 16.8 Å². The number of ether oxygens (including phenoxy) is 1. The van der Waals surface area contributed by atoms with E-state index < -0.39 is 0 Å². The van der Waals surface area contributed by atoms with Crippen LogP contribution in [0, 0.1) is 12.3 Å². The third-order valence-corrected chi connectivity index (χ3v) is 2.97. The lowest BCUT2D eigenvalue weighted by atomic mass is 10.1. The topological polar surface area (TPSA) is 41.6 Å². The van der Waals surface area contributed by atoms with Gasteiger partial charge in [-0.25, -0.2) is 0 Å². The van der Waals surface area contributed by atoms with Gasteiger partial charge in [-0.3, -0.25) is 4.79 Å². The summed E-state index contributed by atoms with van der Waals surface area (Å²) in [5.74, 6) is 3.19. The molecule has 0 radical (unpaired) electrons. The van der Waals surface area contributed by atoms with E-state index in [0.29, 0.717) is 17.9 Å². The van der Waals surface area contributed by atoms with Crippen molar-refractivity contribution in [3.05, 3.63) is 23.8 Å².